The molecule has 3 aromatic rings. The Kier molecular flexibility index (Phi) is 7.53. The van der Waals surface area contributed by atoms with Gasteiger partial charge in [-0.1, -0.05) is 0 Å². The molecule has 0 N–H and O–H groups in total. The summed E-state index contributed by atoms with van der Waals surface area (Å²) in [5.74, 6) is -0.201. The zero-order valence-corrected chi connectivity index (χ0v) is 19.8. The predicted octanol–water partition coefficient (Wildman–Crippen LogP) is 3.54. The van der Waals surface area contributed by atoms with Crippen molar-refractivity contribution in [3.8, 4) is 0 Å². The third-order valence-corrected chi connectivity index (χ3v) is 10.6. The molecule has 3 aromatic carbocycles. The second-order valence-corrected chi connectivity index (χ2v) is 12.9. The number of esters is 1. The topological polar surface area (TPSA) is 26.3 Å². The van der Waals surface area contributed by atoms with Gasteiger partial charge in [0.25, 0.3) is 0 Å². The minimum absolute atomic E-state index is 0.201. The van der Waals surface area contributed by atoms with E-state index in [1.807, 2.05) is 13.8 Å². The molecule has 144 valence electrons. The second kappa shape index (κ2) is 10.1. The number of carbonyl (C=O) groups excluding carboxylic acids is 1. The standard InChI is InChI=1S/C24H24O2Se2/c1-4-26-23(25)22-18(3)15-17(2)16-21(22)24(27-19-11-7-5-8-12-19)28-20-13-9-6-10-14-20/h5-16,24H,4H2,1-3H3. The molecule has 0 saturated carbocycles. The number of rotatable bonds is 7. The van der Waals surface area contributed by atoms with Crippen molar-refractivity contribution >= 4 is 44.8 Å². The van der Waals surface area contributed by atoms with E-state index >= 15 is 0 Å². The van der Waals surface area contributed by atoms with E-state index < -0.39 is 0 Å². The van der Waals surface area contributed by atoms with Crippen LogP contribution in [0.25, 0.3) is 0 Å². The summed E-state index contributed by atoms with van der Waals surface area (Å²) < 4.78 is 8.44. The Morgan fingerprint density at radius 3 is 1.93 bits per heavy atom. The van der Waals surface area contributed by atoms with Crippen LogP contribution in [0, 0.1) is 13.8 Å². The maximum absolute atomic E-state index is 12.8. The van der Waals surface area contributed by atoms with Crippen molar-refractivity contribution in [2.24, 2.45) is 0 Å². The van der Waals surface area contributed by atoms with Gasteiger partial charge >= 0.3 is 180 Å². The zero-order chi connectivity index (χ0) is 19.9. The first kappa shape index (κ1) is 20.9. The van der Waals surface area contributed by atoms with Crippen LogP contribution in [0.5, 0.6) is 0 Å². The van der Waals surface area contributed by atoms with Crippen LogP contribution in [0.15, 0.2) is 72.8 Å². The molecular weight excluding hydrogens is 478 g/mol. The fourth-order valence-electron chi connectivity index (χ4n) is 3.06. The van der Waals surface area contributed by atoms with Crippen LogP contribution in [0.4, 0.5) is 0 Å². The van der Waals surface area contributed by atoms with E-state index in [9.17, 15) is 4.79 Å². The maximum atomic E-state index is 12.8. The van der Waals surface area contributed by atoms with Gasteiger partial charge in [-0.2, -0.15) is 0 Å². The van der Waals surface area contributed by atoms with Gasteiger partial charge in [-0.05, 0) is 0 Å². The molecule has 0 spiro atoms. The van der Waals surface area contributed by atoms with Gasteiger partial charge in [0.05, 0.1) is 0 Å². The van der Waals surface area contributed by atoms with Crippen molar-refractivity contribution in [3.63, 3.8) is 0 Å². The van der Waals surface area contributed by atoms with Gasteiger partial charge < -0.3 is 0 Å². The Morgan fingerprint density at radius 1 is 0.893 bits per heavy atom. The molecule has 0 radical (unpaired) electrons. The molecule has 0 aliphatic rings. The van der Waals surface area contributed by atoms with Crippen LogP contribution < -0.4 is 8.92 Å². The molecule has 28 heavy (non-hydrogen) atoms. The Hall–Kier alpha value is -1.83. The Balaban J connectivity index is 2.07. The average Bonchev–Trinajstić information content (AvgIpc) is 2.68. The number of hydrogen-bond donors (Lipinski definition) is 0. The van der Waals surface area contributed by atoms with Gasteiger partial charge in [-0.15, -0.1) is 0 Å². The van der Waals surface area contributed by atoms with E-state index in [0.29, 0.717) is 10.3 Å². The van der Waals surface area contributed by atoms with E-state index in [2.05, 4.69) is 79.7 Å². The average molecular weight is 502 g/mol. The van der Waals surface area contributed by atoms with E-state index in [0.717, 1.165) is 16.7 Å². The molecule has 4 heteroatoms. The molecule has 3 rings (SSSR count). The van der Waals surface area contributed by atoms with Gasteiger partial charge in [-0.3, -0.25) is 0 Å². The second-order valence-electron chi connectivity index (χ2n) is 6.46. The summed E-state index contributed by atoms with van der Waals surface area (Å²) in [5.41, 5.74) is 4.10. The SMILES string of the molecule is CCOC(=O)c1c(C)cc(C)cc1C([Se]c1ccccc1)[Se]c1ccccc1. The van der Waals surface area contributed by atoms with Gasteiger partial charge in [0, 0.05) is 0 Å². The van der Waals surface area contributed by atoms with Crippen molar-refractivity contribution in [3.05, 3.63) is 95.1 Å². The first-order valence-electron chi connectivity index (χ1n) is 9.30. The molecule has 2 nitrogen and oxygen atoms in total. The van der Waals surface area contributed by atoms with Crippen LogP contribution in [-0.4, -0.2) is 42.5 Å². The monoisotopic (exact) mass is 504 g/mol. The van der Waals surface area contributed by atoms with Crippen molar-refractivity contribution < 1.29 is 9.53 Å². The quantitative estimate of drug-likeness (QED) is 0.365. The van der Waals surface area contributed by atoms with Crippen molar-refractivity contribution in [1.82, 2.24) is 0 Å². The molecule has 0 amide bonds. The molecular formula is C24H24O2Se2. The number of hydrogen-bond acceptors (Lipinski definition) is 2. The molecule has 0 aliphatic heterocycles. The minimum atomic E-state index is -0.201. The Bertz CT molecular complexity index is 883. The molecule has 0 saturated heterocycles. The molecule has 0 heterocycles. The van der Waals surface area contributed by atoms with E-state index in [4.69, 9.17) is 4.74 Å². The van der Waals surface area contributed by atoms with Gasteiger partial charge in [0.15, 0.2) is 0 Å². The molecule has 0 bridgehead atoms. The van der Waals surface area contributed by atoms with Crippen LogP contribution in [0.3, 0.4) is 0 Å². The number of aryl methyl sites for hydroxylation is 2. The van der Waals surface area contributed by atoms with Crippen molar-refractivity contribution in [2.45, 2.75) is 24.5 Å². The van der Waals surface area contributed by atoms with Crippen LogP contribution in [0.1, 0.15) is 37.7 Å². The fraction of sp³-hybridized carbons (Fsp3) is 0.208. The first-order chi connectivity index (χ1) is 13.6. The summed E-state index contributed by atoms with van der Waals surface area (Å²) in [5, 5.41) is 0. The Morgan fingerprint density at radius 2 is 1.43 bits per heavy atom. The molecule has 0 aliphatic carbocycles. The summed E-state index contributed by atoms with van der Waals surface area (Å²) in [6, 6.07) is 25.5. The van der Waals surface area contributed by atoms with Crippen LogP contribution >= 0.6 is 0 Å². The van der Waals surface area contributed by atoms with Gasteiger partial charge in [-0.25, -0.2) is 0 Å². The summed E-state index contributed by atoms with van der Waals surface area (Å²) >= 11 is 0.442. The predicted molar refractivity (Wildman–Crippen MR) is 118 cm³/mol. The van der Waals surface area contributed by atoms with E-state index in [1.165, 1.54) is 14.5 Å². The number of carbonyl (C=O) groups is 1. The van der Waals surface area contributed by atoms with Gasteiger partial charge in [0.1, 0.15) is 0 Å². The fourth-order valence-corrected chi connectivity index (χ4v) is 9.78. The van der Waals surface area contributed by atoms with Crippen LogP contribution in [0.2, 0.25) is 0 Å². The molecule has 0 aromatic heterocycles. The molecule has 0 fully saturated rings. The van der Waals surface area contributed by atoms with Crippen molar-refractivity contribution in [1.29, 1.82) is 0 Å². The third-order valence-electron chi connectivity index (χ3n) is 4.22. The van der Waals surface area contributed by atoms with Crippen molar-refractivity contribution in [2.75, 3.05) is 6.61 Å². The van der Waals surface area contributed by atoms with E-state index in [1.54, 1.807) is 0 Å². The molecule has 0 atom stereocenters. The summed E-state index contributed by atoms with van der Waals surface area (Å²) in [6.45, 7) is 6.38. The number of ether oxygens (including phenoxy) is 1. The van der Waals surface area contributed by atoms with Gasteiger partial charge in [0.2, 0.25) is 0 Å². The summed E-state index contributed by atoms with van der Waals surface area (Å²) in [4.78, 5) is 12.8. The summed E-state index contributed by atoms with van der Waals surface area (Å²) in [6.07, 6.45) is 0. The zero-order valence-electron chi connectivity index (χ0n) is 16.3. The summed E-state index contributed by atoms with van der Waals surface area (Å²) in [7, 11) is 0. The number of benzene rings is 3. The first-order valence-corrected chi connectivity index (χ1v) is 13.0. The third kappa shape index (κ3) is 5.37. The van der Waals surface area contributed by atoms with E-state index in [-0.39, 0.29) is 35.9 Å². The van der Waals surface area contributed by atoms with Crippen LogP contribution in [-0.2, 0) is 4.74 Å². The molecule has 0 unspecified atom stereocenters. The normalized spacial score (nSPS) is 10.9. The Labute approximate surface area is 180 Å².